The predicted molar refractivity (Wildman–Crippen MR) is 127 cm³/mol. The predicted octanol–water partition coefficient (Wildman–Crippen LogP) is 5.97. The first-order valence-corrected chi connectivity index (χ1v) is 11.8. The van der Waals surface area contributed by atoms with Crippen LogP contribution in [0.1, 0.15) is 59.6 Å². The molecule has 0 spiro atoms. The van der Waals surface area contributed by atoms with Crippen LogP contribution in [0.2, 0.25) is 0 Å². The summed E-state index contributed by atoms with van der Waals surface area (Å²) in [5.74, 6) is 0.698. The molecule has 0 radical (unpaired) electrons. The highest BCUT2D eigenvalue weighted by molar-refractivity contribution is 7.85. The Hall–Kier alpha value is -1.49. The summed E-state index contributed by atoms with van der Waals surface area (Å²) in [6.07, 6.45) is 0. The van der Waals surface area contributed by atoms with Crippen LogP contribution in [0.3, 0.4) is 0 Å². The molecule has 2 aromatic rings. The smallest absolute Gasteiger partial charge is 0.0556 e. The molecule has 0 saturated heterocycles. The second-order valence-corrected chi connectivity index (χ2v) is 6.58. The monoisotopic (exact) mass is 409 g/mol. The van der Waals surface area contributed by atoms with Crippen molar-refractivity contribution in [2.45, 2.75) is 66.8 Å². The van der Waals surface area contributed by atoms with E-state index in [-0.39, 0.29) is 6.61 Å². The summed E-state index contributed by atoms with van der Waals surface area (Å²) < 4.78 is 11.3. The molecule has 0 fully saturated rings. The lowest BCUT2D eigenvalue weighted by atomic mass is 10.2. The van der Waals surface area contributed by atoms with E-state index >= 15 is 0 Å². The molecule has 0 aliphatic rings. The Morgan fingerprint density at radius 3 is 1.93 bits per heavy atom. The molecule has 0 bridgehead atoms. The summed E-state index contributed by atoms with van der Waals surface area (Å²) in [6.45, 7) is 17.6. The first-order chi connectivity index (χ1) is 13.7. The summed E-state index contributed by atoms with van der Waals surface area (Å²) in [5, 5.41) is 11.6. The van der Waals surface area contributed by atoms with E-state index in [2.05, 4.69) is 17.4 Å². The maximum absolute atomic E-state index is 11.3. The number of benzene rings is 2. The maximum Gasteiger partial charge on any atom is 0.0556 e. The fourth-order valence-electron chi connectivity index (χ4n) is 1.83. The molecule has 162 valence electrons. The van der Waals surface area contributed by atoms with Gasteiger partial charge in [0.25, 0.3) is 0 Å². The number of hydrogen-bond acceptors (Lipinski definition) is 3. The van der Waals surface area contributed by atoms with E-state index in [0.29, 0.717) is 12.3 Å². The highest BCUT2D eigenvalue weighted by atomic mass is 32.2. The fourth-order valence-corrected chi connectivity index (χ4v) is 2.71. The van der Waals surface area contributed by atoms with E-state index < -0.39 is 10.8 Å². The van der Waals surface area contributed by atoms with Gasteiger partial charge in [-0.25, -0.2) is 0 Å². The minimum absolute atomic E-state index is 0.201. The Morgan fingerprint density at radius 1 is 0.893 bits per heavy atom. The van der Waals surface area contributed by atoms with Crippen molar-refractivity contribution in [3.63, 3.8) is 0 Å². The Bertz CT molecular complexity index is 560. The average Bonchev–Trinajstić information content (AvgIpc) is 2.79. The summed E-state index contributed by atoms with van der Waals surface area (Å²) in [6, 6.07) is 18.0. The third-order valence-electron chi connectivity index (χ3n) is 2.98. The van der Waals surface area contributed by atoms with E-state index in [1.807, 2.05) is 97.9 Å². The van der Waals surface area contributed by atoms with Gasteiger partial charge < -0.3 is 10.4 Å². The van der Waals surface area contributed by atoms with Gasteiger partial charge in [0.1, 0.15) is 0 Å². The van der Waals surface area contributed by atoms with Crippen molar-refractivity contribution in [1.29, 1.82) is 0 Å². The number of nitrogens with one attached hydrogen (secondary N) is 1. The molecular weight excluding hydrogens is 366 g/mol. The maximum atomic E-state index is 11.3. The molecule has 0 aromatic heterocycles. The molecule has 4 heteroatoms. The van der Waals surface area contributed by atoms with Crippen molar-refractivity contribution >= 4 is 10.8 Å². The molecule has 0 heterocycles. The molecule has 0 aliphatic carbocycles. The van der Waals surface area contributed by atoms with Crippen LogP contribution in [-0.4, -0.2) is 28.2 Å². The third kappa shape index (κ3) is 17.9. The lowest BCUT2D eigenvalue weighted by Gasteiger charge is -2.01. The van der Waals surface area contributed by atoms with Crippen LogP contribution in [0.5, 0.6) is 0 Å². The number of aliphatic hydroxyl groups is 1. The zero-order valence-electron chi connectivity index (χ0n) is 19.3. The molecule has 1 atom stereocenters. The lowest BCUT2D eigenvalue weighted by Crippen LogP contribution is -2.17. The van der Waals surface area contributed by atoms with Gasteiger partial charge in [-0.15, -0.1) is 0 Å². The van der Waals surface area contributed by atoms with E-state index in [4.69, 9.17) is 5.11 Å². The van der Waals surface area contributed by atoms with Crippen LogP contribution in [0.15, 0.2) is 59.5 Å². The molecule has 28 heavy (non-hydrogen) atoms. The Morgan fingerprint density at radius 2 is 1.46 bits per heavy atom. The SMILES string of the molecule is CC.CC.CC.CCS(=O)c1cccc(C)c1.OCCNCc1ccccc1. The zero-order chi connectivity index (χ0) is 22.2. The van der Waals surface area contributed by atoms with E-state index in [0.717, 1.165) is 11.4 Å². The van der Waals surface area contributed by atoms with E-state index in [1.165, 1.54) is 11.1 Å². The van der Waals surface area contributed by atoms with Gasteiger partial charge in [0.15, 0.2) is 0 Å². The molecule has 0 saturated carbocycles. The minimum Gasteiger partial charge on any atom is -0.395 e. The molecule has 0 amide bonds. The average molecular weight is 410 g/mol. The van der Waals surface area contributed by atoms with Crippen LogP contribution >= 0.6 is 0 Å². The number of rotatable bonds is 6. The molecule has 2 aromatic carbocycles. The molecule has 2 N–H and O–H groups in total. The van der Waals surface area contributed by atoms with Crippen molar-refractivity contribution in [3.8, 4) is 0 Å². The molecule has 1 unspecified atom stereocenters. The fraction of sp³-hybridized carbons (Fsp3) is 0.500. The van der Waals surface area contributed by atoms with Crippen molar-refractivity contribution in [1.82, 2.24) is 5.32 Å². The number of aryl methyl sites for hydroxylation is 1. The summed E-state index contributed by atoms with van der Waals surface area (Å²) in [7, 11) is -0.801. The van der Waals surface area contributed by atoms with Gasteiger partial charge in [0.05, 0.1) is 17.4 Å². The van der Waals surface area contributed by atoms with E-state index in [9.17, 15) is 4.21 Å². The van der Waals surface area contributed by atoms with Crippen LogP contribution in [0.4, 0.5) is 0 Å². The summed E-state index contributed by atoms with van der Waals surface area (Å²) in [5.41, 5.74) is 2.42. The molecule has 0 aliphatic heterocycles. The molecule has 3 nitrogen and oxygen atoms in total. The second-order valence-electron chi connectivity index (χ2n) is 4.84. The molecular formula is C24H43NO2S. The first kappa shape index (κ1) is 31.2. The highest BCUT2D eigenvalue weighted by Gasteiger charge is 1.98. The van der Waals surface area contributed by atoms with Crippen molar-refractivity contribution < 1.29 is 9.32 Å². The third-order valence-corrected chi connectivity index (χ3v) is 4.28. The van der Waals surface area contributed by atoms with Gasteiger partial charge in [-0.3, -0.25) is 4.21 Å². The van der Waals surface area contributed by atoms with Gasteiger partial charge in [0.2, 0.25) is 0 Å². The zero-order valence-corrected chi connectivity index (χ0v) is 20.1. The van der Waals surface area contributed by atoms with Crippen LogP contribution in [-0.2, 0) is 17.3 Å². The lowest BCUT2D eigenvalue weighted by molar-refractivity contribution is 0.292. The van der Waals surface area contributed by atoms with Gasteiger partial charge in [0, 0.05) is 23.7 Å². The Labute approximate surface area is 177 Å². The number of hydrogen-bond donors (Lipinski definition) is 2. The van der Waals surface area contributed by atoms with Crippen molar-refractivity contribution in [2.75, 3.05) is 18.9 Å². The summed E-state index contributed by atoms with van der Waals surface area (Å²) in [4.78, 5) is 0.938. The first-order valence-electron chi connectivity index (χ1n) is 10.5. The van der Waals surface area contributed by atoms with Crippen LogP contribution < -0.4 is 5.32 Å². The molecule has 2 rings (SSSR count). The van der Waals surface area contributed by atoms with Gasteiger partial charge in [-0.1, -0.05) is 90.9 Å². The topological polar surface area (TPSA) is 49.3 Å². The highest BCUT2D eigenvalue weighted by Crippen LogP contribution is 2.08. The second kappa shape index (κ2) is 25.5. The standard InChI is InChI=1S/C9H13NO.C9H12OS.3C2H6/c11-7-6-10-8-9-4-2-1-3-5-9;1-3-11(10)9-6-4-5-8(2)7-9;3*1-2/h1-5,10-11H,6-8H2;4-7H,3H2,1-2H3;3*1-2H3. The Balaban J connectivity index is -0.000000352. The Kier molecular flexibility index (Phi) is 28.4. The quantitative estimate of drug-likeness (QED) is 0.578. The van der Waals surface area contributed by atoms with Crippen molar-refractivity contribution in [3.05, 3.63) is 65.7 Å². The van der Waals surface area contributed by atoms with Gasteiger partial charge in [-0.05, 0) is 30.2 Å². The largest absolute Gasteiger partial charge is 0.395 e. The van der Waals surface area contributed by atoms with E-state index in [1.54, 1.807) is 0 Å². The minimum atomic E-state index is -0.801. The van der Waals surface area contributed by atoms with Crippen LogP contribution in [0.25, 0.3) is 0 Å². The van der Waals surface area contributed by atoms with Crippen LogP contribution in [0, 0.1) is 6.92 Å². The summed E-state index contributed by atoms with van der Waals surface area (Å²) >= 11 is 0. The normalized spacial score (nSPS) is 9.61. The van der Waals surface area contributed by atoms with Gasteiger partial charge >= 0.3 is 0 Å². The van der Waals surface area contributed by atoms with Gasteiger partial charge in [-0.2, -0.15) is 0 Å². The van der Waals surface area contributed by atoms with Crippen molar-refractivity contribution in [2.24, 2.45) is 0 Å². The number of aliphatic hydroxyl groups excluding tert-OH is 1.